The van der Waals surface area contributed by atoms with Crippen molar-refractivity contribution >= 4 is 58.1 Å². The summed E-state index contributed by atoms with van der Waals surface area (Å²) in [6.07, 6.45) is 6.52. The molecule has 3 rings (SSSR count). The molecule has 0 bridgehead atoms. The van der Waals surface area contributed by atoms with E-state index in [0.717, 1.165) is 22.0 Å². The third-order valence-corrected chi connectivity index (χ3v) is 8.12. The molecule has 4 unspecified atom stereocenters. The molecule has 7 N–H and O–H groups in total. The molecule has 3 aromatic rings. The third-order valence-electron chi connectivity index (χ3n) is 6.84. The summed E-state index contributed by atoms with van der Waals surface area (Å²) >= 11 is 2.98. The van der Waals surface area contributed by atoms with Crippen LogP contribution in [0.4, 0.5) is 0 Å². The largest absolute Gasteiger partial charge is 0.480 e. The number of aliphatic carboxylic acids is 1. The molecule has 4 atom stereocenters. The van der Waals surface area contributed by atoms with Gasteiger partial charge in [0, 0.05) is 23.5 Å². The molecule has 2 aromatic carbocycles. The minimum atomic E-state index is -1.13. The summed E-state index contributed by atoms with van der Waals surface area (Å²) in [4.78, 5) is 55.0. The van der Waals surface area contributed by atoms with Crippen LogP contribution >= 0.6 is 23.5 Å². The number of amides is 3. The second kappa shape index (κ2) is 16.8. The first-order valence-electron chi connectivity index (χ1n) is 13.7. The molecule has 226 valence electrons. The first-order valence-corrected chi connectivity index (χ1v) is 16.5. The number of para-hydroxylation sites is 1. The molecule has 0 aliphatic heterocycles. The molecular formula is C30H39N5O5S2. The minimum Gasteiger partial charge on any atom is -0.480 e. The van der Waals surface area contributed by atoms with Gasteiger partial charge in [-0.05, 0) is 60.5 Å². The van der Waals surface area contributed by atoms with E-state index in [-0.39, 0.29) is 19.3 Å². The van der Waals surface area contributed by atoms with Gasteiger partial charge in [0.15, 0.2) is 0 Å². The van der Waals surface area contributed by atoms with Gasteiger partial charge in [-0.15, -0.1) is 0 Å². The van der Waals surface area contributed by atoms with Gasteiger partial charge in [-0.1, -0.05) is 48.5 Å². The zero-order valence-corrected chi connectivity index (χ0v) is 25.4. The Bertz CT molecular complexity index is 1340. The fourth-order valence-corrected chi connectivity index (χ4v) is 5.45. The Labute approximate surface area is 254 Å². The lowest BCUT2D eigenvalue weighted by molar-refractivity contribution is -0.142. The smallest absolute Gasteiger partial charge is 0.326 e. The van der Waals surface area contributed by atoms with E-state index in [1.54, 1.807) is 6.20 Å². The Morgan fingerprint density at radius 2 is 1.36 bits per heavy atom. The number of nitrogens with two attached hydrogens (primary N) is 1. The van der Waals surface area contributed by atoms with E-state index < -0.39 is 47.9 Å². The molecule has 0 aliphatic rings. The van der Waals surface area contributed by atoms with Gasteiger partial charge in [0.25, 0.3) is 0 Å². The molecule has 10 nitrogen and oxygen atoms in total. The molecule has 0 aliphatic carbocycles. The van der Waals surface area contributed by atoms with E-state index >= 15 is 0 Å². The molecule has 42 heavy (non-hydrogen) atoms. The van der Waals surface area contributed by atoms with Crippen LogP contribution in [-0.4, -0.2) is 82.0 Å². The molecule has 1 aromatic heterocycles. The van der Waals surface area contributed by atoms with Crippen LogP contribution in [0.15, 0.2) is 60.8 Å². The Balaban J connectivity index is 1.81. The average Bonchev–Trinajstić information content (AvgIpc) is 3.39. The van der Waals surface area contributed by atoms with Crippen molar-refractivity contribution in [3.63, 3.8) is 0 Å². The van der Waals surface area contributed by atoms with E-state index in [2.05, 4.69) is 20.9 Å². The van der Waals surface area contributed by atoms with Crippen molar-refractivity contribution in [3.05, 3.63) is 71.9 Å². The summed E-state index contributed by atoms with van der Waals surface area (Å²) in [7, 11) is 0. The summed E-state index contributed by atoms with van der Waals surface area (Å²) in [5, 5.41) is 18.7. The maximum absolute atomic E-state index is 13.7. The summed E-state index contributed by atoms with van der Waals surface area (Å²) in [6, 6.07) is 13.0. The van der Waals surface area contributed by atoms with Gasteiger partial charge in [-0.3, -0.25) is 14.4 Å². The van der Waals surface area contributed by atoms with Crippen LogP contribution in [-0.2, 0) is 32.0 Å². The molecule has 0 radical (unpaired) electrons. The average molecular weight is 614 g/mol. The molecule has 0 saturated heterocycles. The topological polar surface area (TPSA) is 166 Å². The quantitative estimate of drug-likeness (QED) is 0.135. The number of fused-ring (bicyclic) bond motifs is 1. The highest BCUT2D eigenvalue weighted by Crippen LogP contribution is 2.19. The molecule has 3 amide bonds. The zero-order valence-electron chi connectivity index (χ0n) is 23.8. The molecule has 12 heteroatoms. The maximum atomic E-state index is 13.7. The molecule has 0 saturated carbocycles. The molecule has 0 fully saturated rings. The molecular weight excluding hydrogens is 574 g/mol. The van der Waals surface area contributed by atoms with E-state index in [9.17, 15) is 24.3 Å². The number of nitrogens with one attached hydrogen (secondary N) is 4. The van der Waals surface area contributed by atoms with Crippen molar-refractivity contribution in [2.45, 2.75) is 49.9 Å². The van der Waals surface area contributed by atoms with E-state index in [1.807, 2.05) is 67.1 Å². The van der Waals surface area contributed by atoms with Crippen LogP contribution in [0.25, 0.3) is 10.9 Å². The number of hydrogen-bond donors (Lipinski definition) is 6. The van der Waals surface area contributed by atoms with E-state index in [4.69, 9.17) is 5.73 Å². The number of aromatic amines is 1. The van der Waals surface area contributed by atoms with Gasteiger partial charge in [-0.2, -0.15) is 23.5 Å². The molecule has 0 spiro atoms. The van der Waals surface area contributed by atoms with Gasteiger partial charge in [0.2, 0.25) is 17.7 Å². The Morgan fingerprint density at radius 3 is 2.02 bits per heavy atom. The zero-order chi connectivity index (χ0) is 30.5. The Kier molecular flexibility index (Phi) is 13.2. The lowest BCUT2D eigenvalue weighted by Gasteiger charge is -2.25. The lowest BCUT2D eigenvalue weighted by atomic mass is 10.0. The van der Waals surface area contributed by atoms with E-state index in [0.29, 0.717) is 17.9 Å². The van der Waals surface area contributed by atoms with E-state index in [1.165, 1.54) is 23.5 Å². The van der Waals surface area contributed by atoms with Crippen LogP contribution < -0.4 is 21.7 Å². The highest BCUT2D eigenvalue weighted by atomic mass is 32.2. The van der Waals surface area contributed by atoms with Crippen LogP contribution in [0.1, 0.15) is 24.0 Å². The second-order valence-corrected chi connectivity index (χ2v) is 11.9. The predicted molar refractivity (Wildman–Crippen MR) is 170 cm³/mol. The normalized spacial score (nSPS) is 14.0. The fraction of sp³-hybridized carbons (Fsp3) is 0.400. The van der Waals surface area contributed by atoms with Gasteiger partial charge >= 0.3 is 5.97 Å². The van der Waals surface area contributed by atoms with Gasteiger partial charge < -0.3 is 31.8 Å². The maximum Gasteiger partial charge on any atom is 0.326 e. The van der Waals surface area contributed by atoms with Crippen molar-refractivity contribution in [2.24, 2.45) is 5.73 Å². The first-order chi connectivity index (χ1) is 20.2. The van der Waals surface area contributed by atoms with Crippen molar-refractivity contribution in [3.8, 4) is 0 Å². The van der Waals surface area contributed by atoms with Crippen molar-refractivity contribution in [2.75, 3.05) is 24.0 Å². The van der Waals surface area contributed by atoms with Gasteiger partial charge in [0.05, 0.1) is 6.04 Å². The van der Waals surface area contributed by atoms with Crippen molar-refractivity contribution < 1.29 is 24.3 Å². The highest BCUT2D eigenvalue weighted by molar-refractivity contribution is 7.98. The summed E-state index contributed by atoms with van der Waals surface area (Å²) in [5.41, 5.74) is 8.82. The number of carboxylic acid groups (broad SMARTS) is 1. The van der Waals surface area contributed by atoms with Gasteiger partial charge in [-0.25, -0.2) is 4.79 Å². The predicted octanol–water partition coefficient (Wildman–Crippen LogP) is 2.33. The lowest BCUT2D eigenvalue weighted by Crippen LogP contribution is -2.58. The number of carbonyl (C=O) groups is 4. The second-order valence-electron chi connectivity index (χ2n) is 9.94. The third kappa shape index (κ3) is 9.81. The fourth-order valence-electron chi connectivity index (χ4n) is 4.51. The summed E-state index contributed by atoms with van der Waals surface area (Å²) in [5.74, 6) is -1.65. The minimum absolute atomic E-state index is 0.155. The van der Waals surface area contributed by atoms with Crippen molar-refractivity contribution in [1.29, 1.82) is 0 Å². The standard InChI is InChI=1S/C30H39N5O5S2/c1-41-14-12-24(28(37)34-25(30(39)40)13-15-42-2)33-29(38)26(17-20-18-32-23-11-7-6-10-21(20)23)35-27(36)22(31)16-19-8-4-3-5-9-19/h3-11,18,22,24-26,32H,12-17,31H2,1-2H3,(H,33,38)(H,34,37)(H,35,36)(H,39,40). The molecule has 1 heterocycles. The number of carbonyl (C=O) groups excluding carboxylic acids is 3. The highest BCUT2D eigenvalue weighted by Gasteiger charge is 2.30. The van der Waals surface area contributed by atoms with Gasteiger partial charge in [0.1, 0.15) is 18.1 Å². The van der Waals surface area contributed by atoms with Crippen molar-refractivity contribution in [1.82, 2.24) is 20.9 Å². The number of thioether (sulfide) groups is 2. The van der Waals surface area contributed by atoms with Crippen LogP contribution in [0, 0.1) is 0 Å². The number of H-pyrrole nitrogens is 1. The Hall–Kier alpha value is -3.48. The van der Waals surface area contributed by atoms with Crippen LogP contribution in [0.2, 0.25) is 0 Å². The summed E-state index contributed by atoms with van der Waals surface area (Å²) < 4.78 is 0. The first kappa shape index (κ1) is 33.0. The summed E-state index contributed by atoms with van der Waals surface area (Å²) in [6.45, 7) is 0. The monoisotopic (exact) mass is 613 g/mol. The van der Waals surface area contributed by atoms with Crippen LogP contribution in [0.5, 0.6) is 0 Å². The number of hydrogen-bond acceptors (Lipinski definition) is 7. The number of aromatic nitrogens is 1. The SMILES string of the molecule is CSCCC(NC(=O)C(CCSC)NC(=O)C(Cc1c[nH]c2ccccc12)NC(=O)C(N)Cc1ccccc1)C(=O)O. The number of benzene rings is 2. The Morgan fingerprint density at radius 1 is 0.786 bits per heavy atom. The van der Waals surface area contributed by atoms with Crippen LogP contribution in [0.3, 0.4) is 0 Å². The number of rotatable bonds is 17. The number of carboxylic acids is 1.